The van der Waals surface area contributed by atoms with Gasteiger partial charge in [-0.05, 0) is 37.1 Å². The molecule has 0 saturated carbocycles. The first-order chi connectivity index (χ1) is 17.0. The van der Waals surface area contributed by atoms with Gasteiger partial charge in [0.25, 0.3) is 0 Å². The first kappa shape index (κ1) is 25.2. The van der Waals surface area contributed by atoms with E-state index in [9.17, 15) is 4.79 Å². The number of carbonyl (C=O) groups is 1. The van der Waals surface area contributed by atoms with Crippen LogP contribution in [0.5, 0.6) is 0 Å². The van der Waals surface area contributed by atoms with E-state index < -0.39 is 0 Å². The molecular weight excluding hydrogens is 436 g/mol. The molecule has 2 N–H and O–H groups in total. The van der Waals surface area contributed by atoms with Crippen LogP contribution in [0.3, 0.4) is 0 Å². The number of benzene rings is 2. The van der Waals surface area contributed by atoms with E-state index in [-0.39, 0.29) is 5.92 Å². The molecule has 35 heavy (non-hydrogen) atoms. The van der Waals surface area contributed by atoms with Gasteiger partial charge in [-0.2, -0.15) is 0 Å². The SMILES string of the molecule is C=C(NO)c1ccc(Cn2c3c(c4ccccc42)C(=O)C(CN2CCN(C)CC2)CC3)cc1.CC. The van der Waals surface area contributed by atoms with Crippen molar-refractivity contribution in [2.24, 2.45) is 5.92 Å². The number of ketones is 1. The molecule has 0 bridgehead atoms. The Kier molecular flexibility index (Phi) is 8.06. The fourth-order valence-electron chi connectivity index (χ4n) is 5.29. The lowest BCUT2D eigenvalue weighted by Gasteiger charge is -2.35. The summed E-state index contributed by atoms with van der Waals surface area (Å²) in [5.74, 6) is 0.391. The third-order valence-electron chi connectivity index (χ3n) is 7.28. The fourth-order valence-corrected chi connectivity index (χ4v) is 5.29. The van der Waals surface area contributed by atoms with E-state index >= 15 is 0 Å². The second-order valence-electron chi connectivity index (χ2n) is 9.42. The van der Waals surface area contributed by atoms with Crippen LogP contribution in [0.15, 0.2) is 55.1 Å². The Morgan fingerprint density at radius 1 is 1.06 bits per heavy atom. The van der Waals surface area contributed by atoms with Gasteiger partial charge in [-0.25, -0.2) is 0 Å². The molecule has 2 heterocycles. The molecule has 1 atom stereocenters. The highest BCUT2D eigenvalue weighted by Gasteiger charge is 2.34. The third kappa shape index (κ3) is 5.20. The number of aromatic nitrogens is 1. The van der Waals surface area contributed by atoms with E-state index in [1.54, 1.807) is 0 Å². The minimum absolute atomic E-state index is 0.0800. The smallest absolute Gasteiger partial charge is 0.169 e. The summed E-state index contributed by atoms with van der Waals surface area (Å²) in [5, 5.41) is 10.2. The first-order valence-corrected chi connectivity index (χ1v) is 12.8. The van der Waals surface area contributed by atoms with Crippen molar-refractivity contribution in [1.29, 1.82) is 0 Å². The largest absolute Gasteiger partial charge is 0.339 e. The van der Waals surface area contributed by atoms with Crippen LogP contribution in [0.1, 0.15) is 47.4 Å². The number of nitrogens with one attached hydrogen (secondary N) is 1. The topological polar surface area (TPSA) is 60.7 Å². The molecule has 0 radical (unpaired) electrons. The Balaban J connectivity index is 0.00000141. The zero-order valence-electron chi connectivity index (χ0n) is 21.3. The van der Waals surface area contributed by atoms with Crippen LogP contribution >= 0.6 is 0 Å². The predicted molar refractivity (Wildman–Crippen MR) is 143 cm³/mol. The number of nitrogens with zero attached hydrogens (tertiary/aromatic N) is 3. The Hall–Kier alpha value is -2.93. The van der Waals surface area contributed by atoms with Crippen LogP contribution in [0.25, 0.3) is 16.6 Å². The van der Waals surface area contributed by atoms with Crippen molar-refractivity contribution in [1.82, 2.24) is 19.8 Å². The van der Waals surface area contributed by atoms with Crippen LogP contribution in [-0.2, 0) is 13.0 Å². The molecule has 1 aromatic heterocycles. The lowest BCUT2D eigenvalue weighted by atomic mass is 9.84. The molecule has 2 aliphatic rings. The van der Waals surface area contributed by atoms with Crippen molar-refractivity contribution in [3.8, 4) is 0 Å². The molecule has 1 aliphatic carbocycles. The van der Waals surface area contributed by atoms with Crippen LogP contribution in [-0.4, -0.2) is 65.1 Å². The zero-order valence-corrected chi connectivity index (χ0v) is 21.3. The molecule has 1 saturated heterocycles. The fraction of sp³-hybridized carbons (Fsp3) is 0.414. The van der Waals surface area contributed by atoms with Gasteiger partial charge in [-0.3, -0.25) is 15.5 Å². The number of para-hydroxylation sites is 1. The summed E-state index contributed by atoms with van der Waals surface area (Å²) in [6.07, 6.45) is 1.84. The number of carbonyl (C=O) groups excluding carboxylic acids is 1. The molecule has 2 aromatic carbocycles. The summed E-state index contributed by atoms with van der Waals surface area (Å²) in [5.41, 5.74) is 7.82. The van der Waals surface area contributed by atoms with Crippen LogP contribution < -0.4 is 5.48 Å². The van der Waals surface area contributed by atoms with Gasteiger partial charge in [0.05, 0.1) is 5.70 Å². The van der Waals surface area contributed by atoms with Gasteiger partial charge >= 0.3 is 0 Å². The molecule has 0 spiro atoms. The number of fused-ring (bicyclic) bond motifs is 3. The predicted octanol–water partition coefficient (Wildman–Crippen LogP) is 4.66. The minimum atomic E-state index is 0.0800. The van der Waals surface area contributed by atoms with Gasteiger partial charge in [-0.15, -0.1) is 0 Å². The van der Waals surface area contributed by atoms with Crippen molar-refractivity contribution in [2.45, 2.75) is 33.2 Å². The second-order valence-corrected chi connectivity index (χ2v) is 9.42. The molecule has 3 aromatic rings. The molecule has 0 amide bonds. The average Bonchev–Trinajstić information content (AvgIpc) is 3.22. The summed E-state index contributed by atoms with van der Waals surface area (Å²) in [4.78, 5) is 18.5. The maximum atomic E-state index is 13.7. The van der Waals surface area contributed by atoms with Crippen molar-refractivity contribution in [3.63, 3.8) is 0 Å². The third-order valence-corrected chi connectivity index (χ3v) is 7.28. The molecule has 1 fully saturated rings. The van der Waals surface area contributed by atoms with Gasteiger partial charge in [0.1, 0.15) is 0 Å². The van der Waals surface area contributed by atoms with Crippen molar-refractivity contribution >= 4 is 22.4 Å². The van der Waals surface area contributed by atoms with Crippen LogP contribution in [0, 0.1) is 5.92 Å². The van der Waals surface area contributed by atoms with E-state index in [0.717, 1.165) is 73.2 Å². The van der Waals surface area contributed by atoms with Gasteiger partial charge in [0, 0.05) is 67.3 Å². The van der Waals surface area contributed by atoms with Gasteiger partial charge < -0.3 is 14.4 Å². The monoisotopic (exact) mass is 474 g/mol. The highest BCUT2D eigenvalue weighted by Crippen LogP contribution is 2.35. The number of Topliss-reactive ketones (excluding diaryl/α,β-unsaturated/α-hetero) is 1. The molecular formula is C29H38N4O2. The quantitative estimate of drug-likeness (QED) is 0.509. The molecule has 1 aliphatic heterocycles. The summed E-state index contributed by atoms with van der Waals surface area (Å²) in [6.45, 7) is 13.6. The number of hydrogen-bond acceptors (Lipinski definition) is 5. The summed E-state index contributed by atoms with van der Waals surface area (Å²) in [6, 6.07) is 16.3. The maximum absolute atomic E-state index is 13.7. The minimum Gasteiger partial charge on any atom is -0.339 e. The Labute approximate surface area is 208 Å². The Morgan fingerprint density at radius 2 is 1.74 bits per heavy atom. The average molecular weight is 475 g/mol. The zero-order chi connectivity index (χ0) is 24.9. The van der Waals surface area contributed by atoms with Crippen molar-refractivity contribution in [2.75, 3.05) is 39.8 Å². The Morgan fingerprint density at radius 3 is 2.43 bits per heavy atom. The number of hydroxylamine groups is 1. The van der Waals surface area contributed by atoms with Crippen LogP contribution in [0.2, 0.25) is 0 Å². The lowest BCUT2D eigenvalue weighted by Crippen LogP contribution is -2.47. The molecule has 1 unspecified atom stereocenters. The first-order valence-electron chi connectivity index (χ1n) is 12.8. The summed E-state index contributed by atoms with van der Waals surface area (Å²) < 4.78 is 2.32. The highest BCUT2D eigenvalue weighted by molar-refractivity contribution is 6.11. The van der Waals surface area contributed by atoms with E-state index in [0.29, 0.717) is 18.0 Å². The van der Waals surface area contributed by atoms with E-state index in [1.165, 1.54) is 5.69 Å². The standard InChI is InChI=1S/C27H32N4O2.C2H6/c1-19(28-33)21-9-7-20(8-10-21)17-31-24-6-4-3-5-23(24)26-25(31)12-11-22(27(26)32)18-30-15-13-29(2)14-16-30;1-2/h3-10,22,28,33H,1,11-18H2,2H3;1-2H3. The van der Waals surface area contributed by atoms with Crippen molar-refractivity contribution < 1.29 is 10.0 Å². The van der Waals surface area contributed by atoms with Gasteiger partial charge in [0.2, 0.25) is 0 Å². The molecule has 186 valence electrons. The molecule has 6 heteroatoms. The normalized spacial score (nSPS) is 18.6. The van der Waals surface area contributed by atoms with E-state index in [4.69, 9.17) is 5.21 Å². The lowest BCUT2D eigenvalue weighted by molar-refractivity contribution is 0.0812. The van der Waals surface area contributed by atoms with Crippen molar-refractivity contribution in [3.05, 3.63) is 77.5 Å². The van der Waals surface area contributed by atoms with Gasteiger partial charge in [-0.1, -0.05) is 62.9 Å². The van der Waals surface area contributed by atoms with Crippen LogP contribution in [0.4, 0.5) is 0 Å². The summed E-state index contributed by atoms with van der Waals surface area (Å²) in [7, 11) is 2.16. The maximum Gasteiger partial charge on any atom is 0.169 e. The molecule has 6 nitrogen and oxygen atoms in total. The number of piperazine rings is 1. The number of rotatable bonds is 6. The summed E-state index contributed by atoms with van der Waals surface area (Å²) >= 11 is 0. The van der Waals surface area contributed by atoms with E-state index in [2.05, 4.69) is 63.8 Å². The highest BCUT2D eigenvalue weighted by atomic mass is 16.5. The van der Waals surface area contributed by atoms with Gasteiger partial charge in [0.15, 0.2) is 5.78 Å². The van der Waals surface area contributed by atoms with E-state index in [1.807, 2.05) is 32.0 Å². The number of hydrogen-bond donors (Lipinski definition) is 2. The molecule has 5 rings (SSSR count). The second kappa shape index (κ2) is 11.2. The Bertz CT molecular complexity index is 1170. The number of likely N-dealkylation sites (N-methyl/N-ethyl adjacent to an activating group) is 1.